The molecule has 3 nitrogen and oxygen atoms in total. The number of aromatic nitrogens is 1. The SMILES string of the molecule is Cc1[nH]c2ccccc2c1CN(C)C(C)(C)C#N. The number of hydrogen-bond acceptors (Lipinski definition) is 2. The summed E-state index contributed by atoms with van der Waals surface area (Å²) >= 11 is 0. The Kier molecular flexibility index (Phi) is 3.14. The van der Waals surface area contributed by atoms with Gasteiger partial charge in [0.15, 0.2) is 0 Å². The molecule has 1 heterocycles. The van der Waals surface area contributed by atoms with E-state index < -0.39 is 5.54 Å². The summed E-state index contributed by atoms with van der Waals surface area (Å²) in [6, 6.07) is 10.6. The summed E-state index contributed by atoms with van der Waals surface area (Å²) in [6.45, 7) is 6.74. The lowest BCUT2D eigenvalue weighted by atomic mass is 10.0. The number of H-pyrrole nitrogens is 1. The molecule has 0 atom stereocenters. The van der Waals surface area contributed by atoms with E-state index in [2.05, 4.69) is 41.1 Å². The van der Waals surface area contributed by atoms with Gasteiger partial charge in [0.1, 0.15) is 5.54 Å². The van der Waals surface area contributed by atoms with Gasteiger partial charge >= 0.3 is 0 Å². The van der Waals surface area contributed by atoms with E-state index in [1.165, 1.54) is 16.6 Å². The van der Waals surface area contributed by atoms with Gasteiger partial charge in [-0.05, 0) is 39.4 Å². The van der Waals surface area contributed by atoms with Crippen LogP contribution in [0.25, 0.3) is 10.9 Å². The third kappa shape index (κ3) is 2.12. The van der Waals surface area contributed by atoms with Crippen LogP contribution in [0.15, 0.2) is 24.3 Å². The first-order valence-corrected chi connectivity index (χ1v) is 6.14. The molecule has 1 aromatic carbocycles. The first-order valence-electron chi connectivity index (χ1n) is 6.14. The second kappa shape index (κ2) is 4.47. The lowest BCUT2D eigenvalue weighted by molar-refractivity contribution is 0.203. The number of aromatic amines is 1. The number of para-hydroxylation sites is 1. The summed E-state index contributed by atoms with van der Waals surface area (Å²) in [7, 11) is 1.99. The molecule has 0 unspecified atom stereocenters. The highest BCUT2D eigenvalue weighted by Gasteiger charge is 2.24. The maximum atomic E-state index is 9.18. The quantitative estimate of drug-likeness (QED) is 0.896. The molecule has 2 rings (SSSR count). The lowest BCUT2D eigenvalue weighted by Crippen LogP contribution is -2.39. The number of nitriles is 1. The van der Waals surface area contributed by atoms with Gasteiger partial charge < -0.3 is 4.98 Å². The van der Waals surface area contributed by atoms with Gasteiger partial charge in [-0.3, -0.25) is 4.90 Å². The van der Waals surface area contributed by atoms with Crippen molar-refractivity contribution < 1.29 is 0 Å². The zero-order valence-electron chi connectivity index (χ0n) is 11.4. The summed E-state index contributed by atoms with van der Waals surface area (Å²) in [5.41, 5.74) is 3.16. The van der Waals surface area contributed by atoms with Crippen molar-refractivity contribution in [2.75, 3.05) is 7.05 Å². The van der Waals surface area contributed by atoms with E-state index in [-0.39, 0.29) is 0 Å². The van der Waals surface area contributed by atoms with Crippen LogP contribution >= 0.6 is 0 Å². The number of benzene rings is 1. The molecule has 1 N–H and O–H groups in total. The van der Waals surface area contributed by atoms with Crippen molar-refractivity contribution in [2.45, 2.75) is 32.9 Å². The van der Waals surface area contributed by atoms with E-state index in [9.17, 15) is 5.26 Å². The predicted molar refractivity (Wildman–Crippen MR) is 74.2 cm³/mol. The highest BCUT2D eigenvalue weighted by Crippen LogP contribution is 2.25. The van der Waals surface area contributed by atoms with Crippen molar-refractivity contribution in [1.82, 2.24) is 9.88 Å². The highest BCUT2D eigenvalue weighted by molar-refractivity contribution is 5.84. The summed E-state index contributed by atoms with van der Waals surface area (Å²) < 4.78 is 0. The summed E-state index contributed by atoms with van der Waals surface area (Å²) in [6.07, 6.45) is 0. The number of hydrogen-bond donors (Lipinski definition) is 1. The minimum Gasteiger partial charge on any atom is -0.358 e. The van der Waals surface area contributed by atoms with Crippen molar-refractivity contribution in [1.29, 1.82) is 5.26 Å². The highest BCUT2D eigenvalue weighted by atomic mass is 15.2. The first-order chi connectivity index (χ1) is 8.45. The van der Waals surface area contributed by atoms with Crippen LogP contribution in [0.5, 0.6) is 0 Å². The van der Waals surface area contributed by atoms with Gasteiger partial charge in [0.05, 0.1) is 6.07 Å². The van der Waals surface area contributed by atoms with Gasteiger partial charge in [0.25, 0.3) is 0 Å². The fraction of sp³-hybridized carbons (Fsp3) is 0.400. The summed E-state index contributed by atoms with van der Waals surface area (Å²) in [5.74, 6) is 0. The van der Waals surface area contributed by atoms with Crippen LogP contribution in [-0.2, 0) is 6.54 Å². The van der Waals surface area contributed by atoms with E-state index in [4.69, 9.17) is 0 Å². The number of nitrogens with zero attached hydrogens (tertiary/aromatic N) is 2. The summed E-state index contributed by atoms with van der Waals surface area (Å²) in [4.78, 5) is 5.47. The number of aryl methyl sites for hydroxylation is 1. The van der Waals surface area contributed by atoms with Gasteiger partial charge in [0.2, 0.25) is 0 Å². The number of rotatable bonds is 3. The molecule has 0 fully saturated rings. The Morgan fingerprint density at radius 3 is 2.67 bits per heavy atom. The molecule has 0 aliphatic heterocycles. The van der Waals surface area contributed by atoms with Gasteiger partial charge in [-0.2, -0.15) is 5.26 Å². The molecule has 0 saturated carbocycles. The number of nitrogens with one attached hydrogen (secondary N) is 1. The second-order valence-electron chi connectivity index (χ2n) is 5.30. The van der Waals surface area contributed by atoms with E-state index >= 15 is 0 Å². The maximum absolute atomic E-state index is 9.18. The van der Waals surface area contributed by atoms with Crippen LogP contribution in [0.3, 0.4) is 0 Å². The van der Waals surface area contributed by atoms with Crippen LogP contribution in [0.4, 0.5) is 0 Å². The Morgan fingerprint density at radius 1 is 1.33 bits per heavy atom. The van der Waals surface area contributed by atoms with Gasteiger partial charge in [-0.1, -0.05) is 18.2 Å². The second-order valence-corrected chi connectivity index (χ2v) is 5.30. The molecule has 0 amide bonds. The fourth-order valence-electron chi connectivity index (χ4n) is 2.06. The molecule has 0 saturated heterocycles. The van der Waals surface area contributed by atoms with Crippen LogP contribution in [0.1, 0.15) is 25.1 Å². The fourth-order valence-corrected chi connectivity index (χ4v) is 2.06. The standard InChI is InChI=1S/C15H19N3/c1-11-13(9-18(4)15(2,3)10-16)12-7-5-6-8-14(12)17-11/h5-8,17H,9H2,1-4H3. The van der Waals surface area contributed by atoms with Gasteiger partial charge in [-0.15, -0.1) is 0 Å². The smallest absolute Gasteiger partial charge is 0.103 e. The topological polar surface area (TPSA) is 42.8 Å². The van der Waals surface area contributed by atoms with Gasteiger partial charge in [-0.25, -0.2) is 0 Å². The summed E-state index contributed by atoms with van der Waals surface area (Å²) in [5, 5.41) is 10.4. The Labute approximate surface area is 108 Å². The van der Waals surface area contributed by atoms with Gasteiger partial charge in [0, 0.05) is 23.1 Å². The maximum Gasteiger partial charge on any atom is 0.103 e. The van der Waals surface area contributed by atoms with E-state index in [0.29, 0.717) is 0 Å². The average Bonchev–Trinajstić information content (AvgIpc) is 2.66. The van der Waals surface area contributed by atoms with Crippen molar-refractivity contribution in [3.63, 3.8) is 0 Å². The third-order valence-electron chi connectivity index (χ3n) is 3.65. The molecular formula is C15H19N3. The molecule has 94 valence electrons. The molecular weight excluding hydrogens is 222 g/mol. The monoisotopic (exact) mass is 241 g/mol. The van der Waals surface area contributed by atoms with Crippen molar-refractivity contribution in [2.24, 2.45) is 0 Å². The Balaban J connectivity index is 2.38. The Bertz CT molecular complexity index is 602. The van der Waals surface area contributed by atoms with Crippen molar-refractivity contribution in [3.05, 3.63) is 35.5 Å². The predicted octanol–water partition coefficient (Wildman–Crippen LogP) is 3.21. The molecule has 0 aliphatic carbocycles. The molecule has 0 aliphatic rings. The first kappa shape index (κ1) is 12.7. The minimum absolute atomic E-state index is 0.454. The van der Waals surface area contributed by atoms with Crippen LogP contribution in [-0.4, -0.2) is 22.5 Å². The average molecular weight is 241 g/mol. The lowest BCUT2D eigenvalue weighted by Gasteiger charge is -2.29. The molecule has 0 bridgehead atoms. The van der Waals surface area contributed by atoms with E-state index in [0.717, 1.165) is 12.1 Å². The zero-order chi connectivity index (χ0) is 13.3. The molecule has 3 heteroatoms. The normalized spacial score (nSPS) is 12.0. The van der Waals surface area contributed by atoms with Crippen molar-refractivity contribution >= 4 is 10.9 Å². The molecule has 0 spiro atoms. The van der Waals surface area contributed by atoms with E-state index in [1.807, 2.05) is 27.0 Å². The van der Waals surface area contributed by atoms with E-state index in [1.54, 1.807) is 0 Å². The molecule has 2 aromatic rings. The Hall–Kier alpha value is -1.79. The number of fused-ring (bicyclic) bond motifs is 1. The van der Waals surface area contributed by atoms with Crippen LogP contribution in [0.2, 0.25) is 0 Å². The molecule has 1 aromatic heterocycles. The zero-order valence-corrected chi connectivity index (χ0v) is 11.4. The van der Waals surface area contributed by atoms with Crippen molar-refractivity contribution in [3.8, 4) is 6.07 Å². The third-order valence-corrected chi connectivity index (χ3v) is 3.65. The molecule has 18 heavy (non-hydrogen) atoms. The van der Waals surface area contributed by atoms with Crippen LogP contribution in [0, 0.1) is 18.3 Å². The molecule has 0 radical (unpaired) electrons. The van der Waals surface area contributed by atoms with Crippen LogP contribution < -0.4 is 0 Å². The Morgan fingerprint density at radius 2 is 2.00 bits per heavy atom. The largest absolute Gasteiger partial charge is 0.358 e. The minimum atomic E-state index is -0.454.